The SMILES string of the molecule is O.O.O.O.[Ag].[Ag].[Ag].[Ag]. The van der Waals surface area contributed by atoms with Gasteiger partial charge in [0, 0.05) is 89.5 Å². The maximum absolute atomic E-state index is 0. The Kier molecular flexibility index (Phi) is 1600. The Hall–Kier alpha value is 2.80. The summed E-state index contributed by atoms with van der Waals surface area (Å²) in [6.07, 6.45) is 0. The van der Waals surface area contributed by atoms with Gasteiger partial charge in [-0.3, -0.25) is 0 Å². The molecule has 0 aromatic carbocycles. The van der Waals surface area contributed by atoms with Crippen molar-refractivity contribution in [3.8, 4) is 0 Å². The van der Waals surface area contributed by atoms with Gasteiger partial charge in [-0.25, -0.2) is 0 Å². The van der Waals surface area contributed by atoms with Gasteiger partial charge in [0.1, 0.15) is 0 Å². The molecule has 0 saturated heterocycles. The molecule has 0 unspecified atom stereocenters. The van der Waals surface area contributed by atoms with Crippen LogP contribution in [0.1, 0.15) is 0 Å². The van der Waals surface area contributed by atoms with Gasteiger partial charge < -0.3 is 21.9 Å². The molecule has 0 aliphatic heterocycles. The van der Waals surface area contributed by atoms with Crippen molar-refractivity contribution in [1.29, 1.82) is 0 Å². The van der Waals surface area contributed by atoms with E-state index < -0.39 is 0 Å². The summed E-state index contributed by atoms with van der Waals surface area (Å²) in [6.45, 7) is 0. The first-order valence-corrected chi connectivity index (χ1v) is 0. The molecule has 8 N–H and O–H groups in total. The van der Waals surface area contributed by atoms with Crippen LogP contribution in [0.2, 0.25) is 0 Å². The van der Waals surface area contributed by atoms with Gasteiger partial charge in [0.2, 0.25) is 0 Å². The third-order valence-electron chi connectivity index (χ3n) is 0. The van der Waals surface area contributed by atoms with Gasteiger partial charge >= 0.3 is 0 Å². The minimum atomic E-state index is 0. The molecule has 8 heavy (non-hydrogen) atoms. The van der Waals surface area contributed by atoms with E-state index in [1.807, 2.05) is 0 Å². The zero-order valence-corrected chi connectivity index (χ0v) is 9.14. The molecule has 0 aliphatic rings. The second-order valence-corrected chi connectivity index (χ2v) is 0. The van der Waals surface area contributed by atoms with Crippen LogP contribution in [-0.2, 0) is 89.5 Å². The molecule has 0 amide bonds. The average Bonchev–Trinajstić information content (AvgIpc) is 0. The number of hydrogen-bond acceptors (Lipinski definition) is 0. The van der Waals surface area contributed by atoms with E-state index in [0.29, 0.717) is 0 Å². The van der Waals surface area contributed by atoms with E-state index in [9.17, 15) is 0 Å². The Balaban J connectivity index is 0. The molecule has 4 nitrogen and oxygen atoms in total. The zero-order chi connectivity index (χ0) is 0. The molecule has 4 radical (unpaired) electrons. The summed E-state index contributed by atoms with van der Waals surface area (Å²) in [4.78, 5) is 0. The molecular formula is H8Ag4O4. The first-order valence-electron chi connectivity index (χ1n) is 0. The molecule has 0 fully saturated rings. The van der Waals surface area contributed by atoms with Crippen molar-refractivity contribution < 1.29 is 111 Å². The average molecular weight is 504 g/mol. The van der Waals surface area contributed by atoms with E-state index >= 15 is 0 Å². The van der Waals surface area contributed by atoms with Gasteiger partial charge in [-0.2, -0.15) is 0 Å². The van der Waals surface area contributed by atoms with E-state index in [0.717, 1.165) is 0 Å². The van der Waals surface area contributed by atoms with Gasteiger partial charge in [-0.1, -0.05) is 0 Å². The molecule has 0 spiro atoms. The Bertz CT molecular complexity index is 8.00. The summed E-state index contributed by atoms with van der Waals surface area (Å²) in [5.74, 6) is 0. The molecule has 0 saturated carbocycles. The predicted molar refractivity (Wildman–Crippen MR) is 14.5 cm³/mol. The zero-order valence-electron chi connectivity index (χ0n) is 3.21. The number of rotatable bonds is 0. The van der Waals surface area contributed by atoms with E-state index in [2.05, 4.69) is 0 Å². The molecule has 0 heterocycles. The van der Waals surface area contributed by atoms with Crippen LogP contribution in [0.5, 0.6) is 0 Å². The molecule has 0 bridgehead atoms. The van der Waals surface area contributed by atoms with Crippen LogP contribution in [0.4, 0.5) is 0 Å². The van der Waals surface area contributed by atoms with Gasteiger partial charge in [0.25, 0.3) is 0 Å². The summed E-state index contributed by atoms with van der Waals surface area (Å²) < 4.78 is 0. The Morgan fingerprint density at radius 3 is 0.250 bits per heavy atom. The van der Waals surface area contributed by atoms with Crippen LogP contribution in [0.3, 0.4) is 0 Å². The fourth-order valence-corrected chi connectivity index (χ4v) is 0. The predicted octanol–water partition coefficient (Wildman–Crippen LogP) is -3.31. The van der Waals surface area contributed by atoms with Crippen molar-refractivity contribution in [2.75, 3.05) is 0 Å². The standard InChI is InChI=1S/4Ag.4H2O/h;;;;4*1H2. The Morgan fingerprint density at radius 1 is 0.250 bits per heavy atom. The molecule has 76 valence electrons. The van der Waals surface area contributed by atoms with Crippen molar-refractivity contribution in [3.05, 3.63) is 0 Å². The molecule has 0 atom stereocenters. The summed E-state index contributed by atoms with van der Waals surface area (Å²) >= 11 is 0. The van der Waals surface area contributed by atoms with E-state index in [1.165, 1.54) is 0 Å². The van der Waals surface area contributed by atoms with Gasteiger partial charge in [0.15, 0.2) is 0 Å². The van der Waals surface area contributed by atoms with E-state index in [4.69, 9.17) is 0 Å². The largest absolute Gasteiger partial charge is 0.412 e. The molecule has 0 aliphatic carbocycles. The van der Waals surface area contributed by atoms with Gasteiger partial charge in [-0.15, -0.1) is 0 Å². The smallest absolute Gasteiger partial charge is 0 e. The van der Waals surface area contributed by atoms with E-state index in [1.54, 1.807) is 0 Å². The first kappa shape index (κ1) is 132. The fraction of sp³-hybridized carbons (Fsp3) is 0. The van der Waals surface area contributed by atoms with Crippen LogP contribution in [0.25, 0.3) is 0 Å². The third kappa shape index (κ3) is 68.3. The van der Waals surface area contributed by atoms with Crippen LogP contribution in [0.15, 0.2) is 0 Å². The fourth-order valence-electron chi connectivity index (χ4n) is 0. The molecule has 0 rings (SSSR count). The van der Waals surface area contributed by atoms with E-state index in [-0.39, 0.29) is 111 Å². The van der Waals surface area contributed by atoms with Crippen molar-refractivity contribution in [3.63, 3.8) is 0 Å². The van der Waals surface area contributed by atoms with Crippen LogP contribution in [-0.4, -0.2) is 21.9 Å². The third-order valence-corrected chi connectivity index (χ3v) is 0. The quantitative estimate of drug-likeness (QED) is 0.307. The second-order valence-electron chi connectivity index (χ2n) is 0. The van der Waals surface area contributed by atoms with Crippen molar-refractivity contribution in [1.82, 2.24) is 0 Å². The summed E-state index contributed by atoms with van der Waals surface area (Å²) in [5, 5.41) is 0. The van der Waals surface area contributed by atoms with Crippen molar-refractivity contribution in [2.24, 2.45) is 0 Å². The normalized spacial score (nSPS) is 0. The summed E-state index contributed by atoms with van der Waals surface area (Å²) in [7, 11) is 0. The summed E-state index contributed by atoms with van der Waals surface area (Å²) in [5.41, 5.74) is 0. The molecule has 8 heteroatoms. The first-order chi connectivity index (χ1) is 0. The topological polar surface area (TPSA) is 126 Å². The maximum atomic E-state index is 0. The van der Waals surface area contributed by atoms with Gasteiger partial charge in [0.05, 0.1) is 0 Å². The Labute approximate surface area is 110 Å². The van der Waals surface area contributed by atoms with Crippen LogP contribution >= 0.6 is 0 Å². The van der Waals surface area contributed by atoms with Crippen LogP contribution in [0, 0.1) is 0 Å². The van der Waals surface area contributed by atoms with Crippen LogP contribution < -0.4 is 0 Å². The number of hydrogen-bond donors (Lipinski definition) is 0. The second kappa shape index (κ2) is 96.8. The molecular weight excluding hydrogens is 495 g/mol. The summed E-state index contributed by atoms with van der Waals surface area (Å²) in [6, 6.07) is 0. The minimum absolute atomic E-state index is 0. The monoisotopic (exact) mass is 500 g/mol. The maximum Gasteiger partial charge on any atom is 0 e. The minimum Gasteiger partial charge on any atom is -0.412 e. The molecule has 0 aromatic heterocycles. The van der Waals surface area contributed by atoms with Gasteiger partial charge in [-0.05, 0) is 0 Å². The van der Waals surface area contributed by atoms with Crippen molar-refractivity contribution in [2.45, 2.75) is 0 Å². The van der Waals surface area contributed by atoms with Crippen molar-refractivity contribution >= 4 is 0 Å². The Morgan fingerprint density at radius 2 is 0.250 bits per heavy atom. The molecule has 0 aromatic rings.